The standard InChI is InChI=1S/C11H20N2O4/c1-11(2,3)12-6-9(14)13-4-5-17-8(7-13)10(15)16/h8,12H,4-7H2,1-3H3,(H,15,16). The third kappa shape index (κ3) is 4.70. The molecule has 2 N–H and O–H groups in total. The van der Waals surface area contributed by atoms with Crippen LogP contribution in [0.15, 0.2) is 0 Å². The minimum atomic E-state index is -1.02. The average Bonchev–Trinajstić information content (AvgIpc) is 2.25. The molecule has 1 fully saturated rings. The highest BCUT2D eigenvalue weighted by Gasteiger charge is 2.29. The zero-order valence-corrected chi connectivity index (χ0v) is 10.5. The molecule has 0 spiro atoms. The van der Waals surface area contributed by atoms with E-state index < -0.39 is 12.1 Å². The first kappa shape index (κ1) is 13.9. The van der Waals surface area contributed by atoms with Crippen LogP contribution in [0.1, 0.15) is 20.8 Å². The molecule has 1 rings (SSSR count). The number of rotatable bonds is 3. The van der Waals surface area contributed by atoms with Crippen LogP contribution >= 0.6 is 0 Å². The first-order valence-corrected chi connectivity index (χ1v) is 5.67. The van der Waals surface area contributed by atoms with Crippen LogP contribution < -0.4 is 5.32 Å². The number of carboxylic acid groups (broad SMARTS) is 1. The molecule has 1 amide bonds. The first-order valence-electron chi connectivity index (χ1n) is 5.67. The predicted octanol–water partition coefficient (Wildman–Crippen LogP) is -0.313. The Bertz CT molecular complexity index is 298. The number of nitrogens with one attached hydrogen (secondary N) is 1. The highest BCUT2D eigenvalue weighted by molar-refractivity contribution is 5.80. The lowest BCUT2D eigenvalue weighted by molar-refractivity contribution is -0.159. The van der Waals surface area contributed by atoms with Gasteiger partial charge in [0.05, 0.1) is 19.7 Å². The number of hydrogen-bond donors (Lipinski definition) is 2. The van der Waals surface area contributed by atoms with Crippen molar-refractivity contribution in [3.8, 4) is 0 Å². The number of carboxylic acids is 1. The Morgan fingerprint density at radius 1 is 1.47 bits per heavy atom. The number of carbonyl (C=O) groups excluding carboxylic acids is 1. The summed E-state index contributed by atoms with van der Waals surface area (Å²) in [6.07, 6.45) is -0.901. The van der Waals surface area contributed by atoms with E-state index in [1.807, 2.05) is 20.8 Å². The zero-order valence-electron chi connectivity index (χ0n) is 10.5. The molecule has 0 aromatic rings. The fourth-order valence-electron chi connectivity index (χ4n) is 1.48. The number of aliphatic carboxylic acids is 1. The molecule has 0 bridgehead atoms. The molecule has 6 nitrogen and oxygen atoms in total. The Hall–Kier alpha value is -1.14. The maximum Gasteiger partial charge on any atom is 0.334 e. The lowest BCUT2D eigenvalue weighted by Crippen LogP contribution is -2.52. The van der Waals surface area contributed by atoms with E-state index in [-0.39, 0.29) is 31.1 Å². The van der Waals surface area contributed by atoms with E-state index in [0.29, 0.717) is 6.54 Å². The van der Waals surface area contributed by atoms with Crippen LogP contribution in [0.5, 0.6) is 0 Å². The maximum atomic E-state index is 11.8. The zero-order chi connectivity index (χ0) is 13.1. The third-order valence-corrected chi connectivity index (χ3v) is 2.46. The summed E-state index contributed by atoms with van der Waals surface area (Å²) < 4.78 is 5.05. The average molecular weight is 244 g/mol. The van der Waals surface area contributed by atoms with Crippen LogP contribution in [0.3, 0.4) is 0 Å². The minimum absolute atomic E-state index is 0.0884. The Labute approximate surface area is 101 Å². The fourth-order valence-corrected chi connectivity index (χ4v) is 1.48. The molecular formula is C11H20N2O4. The molecule has 1 unspecified atom stereocenters. The second kappa shape index (κ2) is 5.46. The summed E-state index contributed by atoms with van der Waals surface area (Å²) in [5, 5.41) is 11.9. The van der Waals surface area contributed by atoms with Crippen molar-refractivity contribution in [2.24, 2.45) is 0 Å². The van der Waals surface area contributed by atoms with Gasteiger partial charge >= 0.3 is 5.97 Å². The van der Waals surface area contributed by atoms with Gasteiger partial charge in [-0.3, -0.25) is 4.79 Å². The highest BCUT2D eigenvalue weighted by Crippen LogP contribution is 2.06. The van der Waals surface area contributed by atoms with E-state index in [1.54, 1.807) is 0 Å². The van der Waals surface area contributed by atoms with Crippen molar-refractivity contribution in [1.29, 1.82) is 0 Å². The largest absolute Gasteiger partial charge is 0.479 e. The summed E-state index contributed by atoms with van der Waals surface area (Å²) in [5.41, 5.74) is -0.131. The van der Waals surface area contributed by atoms with E-state index in [9.17, 15) is 9.59 Å². The summed E-state index contributed by atoms with van der Waals surface area (Å²) in [6, 6.07) is 0. The van der Waals surface area contributed by atoms with E-state index >= 15 is 0 Å². The molecular weight excluding hydrogens is 224 g/mol. The normalized spacial score (nSPS) is 21.4. The smallest absolute Gasteiger partial charge is 0.334 e. The Balaban J connectivity index is 2.44. The van der Waals surface area contributed by atoms with Crippen LogP contribution in [0.2, 0.25) is 0 Å². The number of ether oxygens (including phenoxy) is 1. The van der Waals surface area contributed by atoms with Gasteiger partial charge in [0.2, 0.25) is 5.91 Å². The van der Waals surface area contributed by atoms with Gasteiger partial charge in [-0.2, -0.15) is 0 Å². The molecule has 6 heteroatoms. The van der Waals surface area contributed by atoms with Gasteiger partial charge in [0, 0.05) is 12.1 Å². The van der Waals surface area contributed by atoms with Gasteiger partial charge in [0.1, 0.15) is 0 Å². The SMILES string of the molecule is CC(C)(C)NCC(=O)N1CCOC(C(=O)O)C1. The summed E-state index contributed by atoms with van der Waals surface area (Å²) in [4.78, 5) is 24.1. The van der Waals surface area contributed by atoms with Crippen molar-refractivity contribution in [1.82, 2.24) is 10.2 Å². The van der Waals surface area contributed by atoms with Crippen LogP contribution in [0, 0.1) is 0 Å². The van der Waals surface area contributed by atoms with Gasteiger partial charge in [-0.05, 0) is 20.8 Å². The minimum Gasteiger partial charge on any atom is -0.479 e. The second-order valence-electron chi connectivity index (χ2n) is 5.14. The van der Waals surface area contributed by atoms with Gasteiger partial charge in [-0.15, -0.1) is 0 Å². The quantitative estimate of drug-likeness (QED) is 0.711. The molecule has 1 aliphatic heterocycles. The number of morpholine rings is 1. The van der Waals surface area contributed by atoms with Crippen LogP contribution in [-0.2, 0) is 14.3 Å². The lowest BCUT2D eigenvalue weighted by atomic mass is 10.1. The van der Waals surface area contributed by atoms with Gasteiger partial charge in [-0.1, -0.05) is 0 Å². The monoisotopic (exact) mass is 244 g/mol. The van der Waals surface area contributed by atoms with Crippen molar-refractivity contribution in [3.63, 3.8) is 0 Å². The van der Waals surface area contributed by atoms with Gasteiger partial charge in [0.25, 0.3) is 0 Å². The lowest BCUT2D eigenvalue weighted by Gasteiger charge is -2.32. The predicted molar refractivity (Wildman–Crippen MR) is 61.7 cm³/mol. The van der Waals surface area contributed by atoms with Crippen molar-refractivity contribution in [3.05, 3.63) is 0 Å². The number of hydrogen-bond acceptors (Lipinski definition) is 4. The molecule has 0 saturated carbocycles. The molecule has 98 valence electrons. The van der Waals surface area contributed by atoms with Gasteiger partial charge < -0.3 is 20.1 Å². The fraction of sp³-hybridized carbons (Fsp3) is 0.818. The molecule has 17 heavy (non-hydrogen) atoms. The molecule has 0 aliphatic carbocycles. The number of amides is 1. The third-order valence-electron chi connectivity index (χ3n) is 2.46. The number of carbonyl (C=O) groups is 2. The molecule has 0 aromatic carbocycles. The van der Waals surface area contributed by atoms with Crippen molar-refractivity contribution in [2.75, 3.05) is 26.2 Å². The molecule has 1 atom stereocenters. The summed E-state index contributed by atoms with van der Waals surface area (Å²) in [6.45, 7) is 6.99. The molecule has 1 aliphatic rings. The Kier molecular flexibility index (Phi) is 4.47. The Morgan fingerprint density at radius 3 is 2.65 bits per heavy atom. The summed E-state index contributed by atoms with van der Waals surface area (Å²) >= 11 is 0. The van der Waals surface area contributed by atoms with Crippen LogP contribution in [-0.4, -0.2) is 59.8 Å². The first-order chi connectivity index (χ1) is 7.79. The van der Waals surface area contributed by atoms with E-state index in [4.69, 9.17) is 9.84 Å². The van der Waals surface area contributed by atoms with Crippen molar-refractivity contribution >= 4 is 11.9 Å². The number of nitrogens with zero attached hydrogens (tertiary/aromatic N) is 1. The second-order valence-corrected chi connectivity index (χ2v) is 5.14. The summed E-state index contributed by atoms with van der Waals surface area (Å²) in [7, 11) is 0. The molecule has 1 heterocycles. The van der Waals surface area contributed by atoms with Crippen LogP contribution in [0.4, 0.5) is 0 Å². The van der Waals surface area contributed by atoms with Crippen molar-refractivity contribution < 1.29 is 19.4 Å². The Morgan fingerprint density at radius 2 is 2.12 bits per heavy atom. The molecule has 1 saturated heterocycles. The maximum absolute atomic E-state index is 11.8. The molecule has 0 aromatic heterocycles. The van der Waals surface area contributed by atoms with Crippen LogP contribution in [0.25, 0.3) is 0 Å². The van der Waals surface area contributed by atoms with Gasteiger partial charge in [0.15, 0.2) is 6.10 Å². The van der Waals surface area contributed by atoms with E-state index in [2.05, 4.69) is 5.32 Å². The van der Waals surface area contributed by atoms with E-state index in [0.717, 1.165) is 0 Å². The van der Waals surface area contributed by atoms with Crippen molar-refractivity contribution in [2.45, 2.75) is 32.4 Å². The van der Waals surface area contributed by atoms with Gasteiger partial charge in [-0.25, -0.2) is 4.79 Å². The summed E-state index contributed by atoms with van der Waals surface area (Å²) in [5.74, 6) is -1.11. The topological polar surface area (TPSA) is 78.9 Å². The van der Waals surface area contributed by atoms with E-state index in [1.165, 1.54) is 4.90 Å². The molecule has 0 radical (unpaired) electrons. The highest BCUT2D eigenvalue weighted by atomic mass is 16.5.